The third-order valence-corrected chi connectivity index (χ3v) is 8.26. The highest BCUT2D eigenvalue weighted by atomic mass is 16.5. The largest absolute Gasteiger partial charge is 0.459 e. The van der Waals surface area contributed by atoms with Crippen molar-refractivity contribution in [2.45, 2.75) is 136 Å². The maximum atomic E-state index is 12.7. The number of unbranched alkanes of at least 4 members (excludes halogenated alkanes) is 7. The van der Waals surface area contributed by atoms with Gasteiger partial charge in [-0.15, -0.1) is 0 Å². The van der Waals surface area contributed by atoms with Crippen LogP contribution in [0.4, 0.5) is 0 Å². The highest BCUT2D eigenvalue weighted by Gasteiger charge is 2.24. The van der Waals surface area contributed by atoms with E-state index in [1.807, 2.05) is 12.1 Å². The fourth-order valence-corrected chi connectivity index (χ4v) is 5.89. The van der Waals surface area contributed by atoms with Crippen LogP contribution in [0.2, 0.25) is 0 Å². The summed E-state index contributed by atoms with van der Waals surface area (Å²) in [5, 5.41) is 0. The minimum Gasteiger partial charge on any atom is -0.459 e. The van der Waals surface area contributed by atoms with E-state index in [1.165, 1.54) is 114 Å². The van der Waals surface area contributed by atoms with Crippen molar-refractivity contribution in [2.24, 2.45) is 11.8 Å². The van der Waals surface area contributed by atoms with Crippen LogP contribution >= 0.6 is 0 Å². The molecule has 1 aromatic carbocycles. The molecule has 1 unspecified atom stereocenters. The lowest BCUT2D eigenvalue weighted by atomic mass is 9.83. The molecule has 2 aliphatic rings. The molecule has 0 heterocycles. The number of allylic oxidation sites excluding steroid dienone is 2. The van der Waals surface area contributed by atoms with Gasteiger partial charge in [0.2, 0.25) is 0 Å². The zero-order valence-electron chi connectivity index (χ0n) is 22.2. The summed E-state index contributed by atoms with van der Waals surface area (Å²) in [6, 6.07) is 8.18. The highest BCUT2D eigenvalue weighted by Crippen LogP contribution is 2.33. The molecule has 1 atom stereocenters. The van der Waals surface area contributed by atoms with Gasteiger partial charge in [-0.25, -0.2) is 4.79 Å². The van der Waals surface area contributed by atoms with E-state index in [2.05, 4.69) is 32.1 Å². The van der Waals surface area contributed by atoms with Crippen molar-refractivity contribution < 1.29 is 9.53 Å². The van der Waals surface area contributed by atoms with Gasteiger partial charge in [0.1, 0.15) is 6.10 Å². The molecule has 0 N–H and O–H groups in total. The van der Waals surface area contributed by atoms with E-state index in [0.717, 1.165) is 24.7 Å². The van der Waals surface area contributed by atoms with Crippen molar-refractivity contribution in [1.82, 2.24) is 0 Å². The predicted molar refractivity (Wildman–Crippen MR) is 145 cm³/mol. The van der Waals surface area contributed by atoms with Crippen LogP contribution < -0.4 is 0 Å². The van der Waals surface area contributed by atoms with Gasteiger partial charge in [0.05, 0.1) is 5.56 Å². The van der Waals surface area contributed by atoms with E-state index in [1.54, 1.807) is 0 Å². The molecule has 1 fully saturated rings. The minimum absolute atomic E-state index is 0.110. The van der Waals surface area contributed by atoms with Crippen molar-refractivity contribution in [3.05, 3.63) is 41.5 Å². The monoisotopic (exact) mass is 466 g/mol. The zero-order chi connectivity index (χ0) is 24.0. The van der Waals surface area contributed by atoms with Crippen LogP contribution in [0.5, 0.6) is 0 Å². The molecule has 2 aliphatic carbocycles. The molecule has 3 rings (SSSR count). The number of carbonyl (C=O) groups excluding carboxylic acids is 1. The highest BCUT2D eigenvalue weighted by molar-refractivity contribution is 5.90. The number of hydrogen-bond acceptors (Lipinski definition) is 2. The second-order valence-electron chi connectivity index (χ2n) is 11.0. The summed E-state index contributed by atoms with van der Waals surface area (Å²) < 4.78 is 5.89. The summed E-state index contributed by atoms with van der Waals surface area (Å²) in [7, 11) is 0. The van der Waals surface area contributed by atoms with Gasteiger partial charge in [-0.1, -0.05) is 103 Å². The Morgan fingerprint density at radius 3 is 2.06 bits per heavy atom. The fourth-order valence-electron chi connectivity index (χ4n) is 5.89. The lowest BCUT2D eigenvalue weighted by molar-refractivity contribution is 0.0161. The summed E-state index contributed by atoms with van der Waals surface area (Å²) in [4.78, 5) is 12.7. The lowest BCUT2D eigenvalue weighted by Crippen LogP contribution is -2.24. The van der Waals surface area contributed by atoms with Crippen molar-refractivity contribution >= 4 is 11.5 Å². The summed E-state index contributed by atoms with van der Waals surface area (Å²) in [5.41, 5.74) is 3.43. The molecular weight excluding hydrogens is 416 g/mol. The molecule has 1 aromatic rings. The summed E-state index contributed by atoms with van der Waals surface area (Å²) in [6.07, 6.45) is 25.8. The maximum Gasteiger partial charge on any atom is 0.338 e. The first-order valence-electron chi connectivity index (χ1n) is 14.7. The van der Waals surface area contributed by atoms with Crippen LogP contribution in [0.25, 0.3) is 5.57 Å². The topological polar surface area (TPSA) is 26.3 Å². The number of esters is 1. The van der Waals surface area contributed by atoms with Crippen LogP contribution in [0.15, 0.2) is 30.3 Å². The molecule has 0 spiro atoms. The smallest absolute Gasteiger partial charge is 0.338 e. The average Bonchev–Trinajstić information content (AvgIpc) is 2.88. The number of benzene rings is 1. The van der Waals surface area contributed by atoms with Crippen LogP contribution in [-0.2, 0) is 4.74 Å². The van der Waals surface area contributed by atoms with E-state index >= 15 is 0 Å². The van der Waals surface area contributed by atoms with Crippen LogP contribution in [-0.4, -0.2) is 12.1 Å². The first kappa shape index (κ1) is 27.0. The van der Waals surface area contributed by atoms with Gasteiger partial charge in [0.15, 0.2) is 0 Å². The fraction of sp³-hybridized carbons (Fsp3) is 0.719. The number of rotatable bonds is 14. The van der Waals surface area contributed by atoms with Crippen molar-refractivity contribution in [3.8, 4) is 0 Å². The molecule has 0 aromatic heterocycles. The molecule has 1 saturated carbocycles. The van der Waals surface area contributed by atoms with Gasteiger partial charge >= 0.3 is 5.97 Å². The molecule has 0 saturated heterocycles. The van der Waals surface area contributed by atoms with Gasteiger partial charge in [-0.05, 0) is 80.1 Å². The Morgan fingerprint density at radius 2 is 1.38 bits per heavy atom. The van der Waals surface area contributed by atoms with Crippen molar-refractivity contribution in [1.29, 1.82) is 0 Å². The number of hydrogen-bond donors (Lipinski definition) is 0. The molecule has 0 bridgehead atoms. The van der Waals surface area contributed by atoms with Crippen molar-refractivity contribution in [3.63, 3.8) is 0 Å². The SMILES string of the molecule is CCCCCCCC[C@H]1CC[C@H](OC(=O)c2ccc(C3=CCC(CCCCC)CC3)cc2)CC1. The molecule has 2 nitrogen and oxygen atoms in total. The Labute approximate surface area is 209 Å². The van der Waals surface area contributed by atoms with E-state index in [-0.39, 0.29) is 12.1 Å². The number of ether oxygens (including phenoxy) is 1. The van der Waals surface area contributed by atoms with Crippen LogP contribution in [0.3, 0.4) is 0 Å². The summed E-state index contributed by atoms with van der Waals surface area (Å²) in [5.74, 6) is 1.57. The minimum atomic E-state index is -0.139. The van der Waals surface area contributed by atoms with E-state index < -0.39 is 0 Å². The maximum absolute atomic E-state index is 12.7. The Balaban J connectivity index is 1.35. The molecule has 0 amide bonds. The van der Waals surface area contributed by atoms with Gasteiger partial charge in [-0.3, -0.25) is 0 Å². The third-order valence-electron chi connectivity index (χ3n) is 8.26. The summed E-state index contributed by atoms with van der Waals surface area (Å²) in [6.45, 7) is 4.56. The quantitative estimate of drug-likeness (QED) is 0.201. The molecule has 2 heteroatoms. The van der Waals surface area contributed by atoms with Gasteiger partial charge in [0.25, 0.3) is 0 Å². The van der Waals surface area contributed by atoms with Gasteiger partial charge < -0.3 is 4.74 Å². The lowest BCUT2D eigenvalue weighted by Gasteiger charge is -2.28. The standard InChI is InChI=1S/C32H50O2/c1-3-5-7-8-9-11-13-27-16-24-31(25-17-27)34-32(33)30-22-20-29(21-23-30)28-18-14-26(15-19-28)12-10-6-4-2/h18,20-23,26-27,31H,3-17,19,24-25H2,1-2H3/t26?,27-,31-. The van der Waals surface area contributed by atoms with E-state index in [9.17, 15) is 4.79 Å². The first-order chi connectivity index (χ1) is 16.7. The van der Waals surface area contributed by atoms with Crippen LogP contribution in [0, 0.1) is 11.8 Å². The molecule has 0 aliphatic heterocycles. The van der Waals surface area contributed by atoms with Crippen LogP contribution in [0.1, 0.15) is 145 Å². The van der Waals surface area contributed by atoms with Gasteiger partial charge in [-0.2, -0.15) is 0 Å². The molecular formula is C32H50O2. The molecule has 0 radical (unpaired) electrons. The summed E-state index contributed by atoms with van der Waals surface area (Å²) >= 11 is 0. The first-order valence-corrected chi connectivity index (χ1v) is 14.7. The second-order valence-corrected chi connectivity index (χ2v) is 11.0. The normalized spacial score (nSPS) is 22.9. The van der Waals surface area contributed by atoms with E-state index in [4.69, 9.17) is 4.74 Å². The van der Waals surface area contributed by atoms with Gasteiger partial charge in [0, 0.05) is 0 Å². The Kier molecular flexibility index (Phi) is 12.3. The Hall–Kier alpha value is -1.57. The average molecular weight is 467 g/mol. The predicted octanol–water partition coefficient (Wildman–Crippen LogP) is 9.92. The molecule has 34 heavy (non-hydrogen) atoms. The Bertz CT molecular complexity index is 724. The third kappa shape index (κ3) is 9.23. The van der Waals surface area contributed by atoms with E-state index in [0.29, 0.717) is 5.56 Å². The van der Waals surface area contributed by atoms with Crippen molar-refractivity contribution in [2.75, 3.05) is 0 Å². The zero-order valence-corrected chi connectivity index (χ0v) is 22.2. The Morgan fingerprint density at radius 1 is 0.765 bits per heavy atom. The molecule has 190 valence electrons. The number of carbonyl (C=O) groups is 1. The second kappa shape index (κ2) is 15.4.